The van der Waals surface area contributed by atoms with Gasteiger partial charge in [0, 0.05) is 18.5 Å². The highest BCUT2D eigenvalue weighted by atomic mass is 32.2. The molecule has 1 N–H and O–H groups in total. The van der Waals surface area contributed by atoms with Gasteiger partial charge in [0.2, 0.25) is 0 Å². The molecule has 1 aromatic rings. The van der Waals surface area contributed by atoms with Crippen molar-refractivity contribution in [1.82, 2.24) is 9.78 Å². The maximum Gasteiger partial charge on any atom is 0.152 e. The number of sulfone groups is 1. The van der Waals surface area contributed by atoms with E-state index in [9.17, 15) is 8.42 Å². The Morgan fingerprint density at radius 3 is 2.77 bits per heavy atom. The van der Waals surface area contributed by atoms with Crippen LogP contribution in [0.1, 0.15) is 42.3 Å². The summed E-state index contributed by atoms with van der Waals surface area (Å²) < 4.78 is 25.3. The van der Waals surface area contributed by atoms with Gasteiger partial charge < -0.3 is 4.90 Å². The van der Waals surface area contributed by atoms with Crippen LogP contribution < -0.4 is 4.90 Å². The fourth-order valence-corrected chi connectivity index (χ4v) is 4.83. The fourth-order valence-electron chi connectivity index (χ4n) is 3.14. The lowest BCUT2D eigenvalue weighted by Gasteiger charge is -2.14. The third-order valence-electron chi connectivity index (χ3n) is 4.40. The molecule has 0 aliphatic carbocycles. The minimum absolute atomic E-state index is 0.0173. The van der Waals surface area contributed by atoms with Gasteiger partial charge in [-0.1, -0.05) is 0 Å². The molecule has 1 aromatic heterocycles. The van der Waals surface area contributed by atoms with Gasteiger partial charge in [0.05, 0.1) is 48.5 Å². The Balaban J connectivity index is 2.09. The summed E-state index contributed by atoms with van der Waals surface area (Å²) in [5.41, 5.74) is 3.28. The number of aryl methyl sites for hydroxylation is 1. The van der Waals surface area contributed by atoms with Crippen molar-refractivity contribution in [2.75, 3.05) is 25.1 Å². The Hall–Kier alpha value is -1.39. The van der Waals surface area contributed by atoms with Gasteiger partial charge in [0.1, 0.15) is 6.54 Å². The third-order valence-corrected chi connectivity index (χ3v) is 6.15. The maximum absolute atomic E-state index is 11.7. The minimum atomic E-state index is -2.90. The molecule has 0 amide bonds. The van der Waals surface area contributed by atoms with Gasteiger partial charge >= 0.3 is 0 Å². The first-order valence-electron chi connectivity index (χ1n) is 7.77. The predicted molar refractivity (Wildman–Crippen MR) is 84.3 cm³/mol. The van der Waals surface area contributed by atoms with E-state index in [2.05, 4.69) is 18.2 Å². The zero-order chi connectivity index (χ0) is 16.3. The molecule has 0 bridgehead atoms. The van der Waals surface area contributed by atoms with E-state index < -0.39 is 9.84 Å². The summed E-state index contributed by atoms with van der Waals surface area (Å²) in [7, 11) is -0.780. The number of hydrogen-bond acceptors (Lipinski definition) is 4. The molecule has 1 fully saturated rings. The number of rotatable bonds is 6. The highest BCUT2D eigenvalue weighted by Gasteiger charge is 2.31. The molecule has 6 nitrogen and oxygen atoms in total. The van der Waals surface area contributed by atoms with E-state index in [1.165, 1.54) is 10.5 Å². The maximum atomic E-state index is 11.7. The first kappa shape index (κ1) is 17.0. The molecular formula is C15H25N4O2S+. The molecule has 122 valence electrons. The molecule has 1 aliphatic rings. The lowest BCUT2D eigenvalue weighted by atomic mass is 10.1. The first-order chi connectivity index (χ1) is 10.3. The number of nitrogens with zero attached hydrogens (tertiary/aromatic N) is 3. The molecule has 0 radical (unpaired) electrons. The standard InChI is InChI=1S/C15H24N4O2S/c1-12-15(10-18(3)8-5-4-7-16)13(2)19(17-12)14-6-9-22(20,21)11-14/h14H,4-6,8-11H2,1-3H3/p+1/t14-/m0/s1. The van der Waals surface area contributed by atoms with Crippen LogP contribution in [-0.4, -0.2) is 43.3 Å². The normalized spacial score (nSPS) is 21.6. The van der Waals surface area contributed by atoms with Crippen molar-refractivity contribution in [3.05, 3.63) is 17.0 Å². The summed E-state index contributed by atoms with van der Waals surface area (Å²) in [4.78, 5) is 1.35. The minimum Gasteiger partial charge on any atom is -0.333 e. The van der Waals surface area contributed by atoms with Crippen molar-refractivity contribution < 1.29 is 13.3 Å². The van der Waals surface area contributed by atoms with Crippen LogP contribution in [0, 0.1) is 25.2 Å². The molecule has 2 heterocycles. The van der Waals surface area contributed by atoms with E-state index in [1.54, 1.807) is 0 Å². The van der Waals surface area contributed by atoms with Gasteiger partial charge in [-0.2, -0.15) is 10.4 Å². The molecule has 0 aromatic carbocycles. The average Bonchev–Trinajstić information content (AvgIpc) is 2.93. The van der Waals surface area contributed by atoms with Gasteiger partial charge in [0.15, 0.2) is 9.84 Å². The summed E-state index contributed by atoms with van der Waals surface area (Å²) in [6.45, 7) is 5.84. The van der Waals surface area contributed by atoms with Crippen LogP contribution in [-0.2, 0) is 16.4 Å². The molecule has 2 rings (SSSR count). The van der Waals surface area contributed by atoms with Crippen LogP contribution in [0.15, 0.2) is 0 Å². The number of unbranched alkanes of at least 4 members (excludes halogenated alkanes) is 1. The molecule has 22 heavy (non-hydrogen) atoms. The van der Waals surface area contributed by atoms with Crippen LogP contribution in [0.3, 0.4) is 0 Å². The summed E-state index contributed by atoms with van der Waals surface area (Å²) in [6.07, 6.45) is 2.15. The van der Waals surface area contributed by atoms with Crippen LogP contribution in [0.2, 0.25) is 0 Å². The lowest BCUT2D eigenvalue weighted by Crippen LogP contribution is -3.07. The second-order valence-electron chi connectivity index (χ2n) is 6.30. The topological polar surface area (TPSA) is 80.2 Å². The zero-order valence-corrected chi connectivity index (χ0v) is 14.4. The fraction of sp³-hybridized carbons (Fsp3) is 0.733. The molecule has 1 saturated heterocycles. The van der Waals surface area contributed by atoms with E-state index >= 15 is 0 Å². The highest BCUT2D eigenvalue weighted by Crippen LogP contribution is 2.26. The molecule has 0 spiro atoms. The molecule has 2 atom stereocenters. The summed E-state index contributed by atoms with van der Waals surface area (Å²) in [5, 5.41) is 13.2. The van der Waals surface area contributed by atoms with E-state index in [0.717, 1.165) is 30.9 Å². The summed E-state index contributed by atoms with van der Waals surface area (Å²) in [6, 6.07) is 2.15. The molecular weight excluding hydrogens is 300 g/mol. The SMILES string of the molecule is Cc1nn([C@H]2CCS(=O)(=O)C2)c(C)c1C[NH+](C)CCCC#N. The van der Waals surface area contributed by atoms with E-state index in [1.807, 2.05) is 18.5 Å². The Morgan fingerprint density at radius 1 is 1.45 bits per heavy atom. The summed E-state index contributed by atoms with van der Waals surface area (Å²) >= 11 is 0. The van der Waals surface area contributed by atoms with Gasteiger partial charge in [-0.25, -0.2) is 8.42 Å². The predicted octanol–water partition coefficient (Wildman–Crippen LogP) is 0.178. The Bertz CT molecular complexity index is 672. The van der Waals surface area contributed by atoms with Crippen molar-refractivity contribution >= 4 is 9.84 Å². The quantitative estimate of drug-likeness (QED) is 0.757. The number of hydrogen-bond donors (Lipinski definition) is 1. The van der Waals surface area contributed by atoms with Gasteiger partial charge in [0.25, 0.3) is 0 Å². The van der Waals surface area contributed by atoms with Crippen molar-refractivity contribution in [3.8, 4) is 6.07 Å². The van der Waals surface area contributed by atoms with Crippen LogP contribution in [0.25, 0.3) is 0 Å². The largest absolute Gasteiger partial charge is 0.333 e. The lowest BCUT2D eigenvalue weighted by molar-refractivity contribution is -0.894. The van der Waals surface area contributed by atoms with E-state index in [-0.39, 0.29) is 17.5 Å². The van der Waals surface area contributed by atoms with Gasteiger partial charge in [-0.15, -0.1) is 0 Å². The Kier molecular flexibility index (Phi) is 5.24. The molecule has 1 unspecified atom stereocenters. The van der Waals surface area contributed by atoms with Crippen LogP contribution >= 0.6 is 0 Å². The second-order valence-corrected chi connectivity index (χ2v) is 8.53. The van der Waals surface area contributed by atoms with Crippen molar-refractivity contribution in [2.24, 2.45) is 0 Å². The smallest absolute Gasteiger partial charge is 0.152 e. The van der Waals surface area contributed by atoms with Crippen LogP contribution in [0.4, 0.5) is 0 Å². The molecule has 7 heteroatoms. The Morgan fingerprint density at radius 2 is 2.18 bits per heavy atom. The number of aromatic nitrogens is 2. The molecule has 0 saturated carbocycles. The van der Waals surface area contributed by atoms with E-state index in [4.69, 9.17) is 5.26 Å². The zero-order valence-electron chi connectivity index (χ0n) is 13.6. The Labute approximate surface area is 132 Å². The monoisotopic (exact) mass is 325 g/mol. The van der Waals surface area contributed by atoms with E-state index in [0.29, 0.717) is 12.8 Å². The number of quaternary nitrogens is 1. The van der Waals surface area contributed by atoms with Crippen molar-refractivity contribution in [2.45, 2.75) is 45.7 Å². The van der Waals surface area contributed by atoms with Gasteiger partial charge in [-0.3, -0.25) is 4.68 Å². The highest BCUT2D eigenvalue weighted by molar-refractivity contribution is 7.91. The van der Waals surface area contributed by atoms with Crippen LogP contribution in [0.5, 0.6) is 0 Å². The first-order valence-corrected chi connectivity index (χ1v) is 9.59. The van der Waals surface area contributed by atoms with Crippen molar-refractivity contribution in [1.29, 1.82) is 5.26 Å². The van der Waals surface area contributed by atoms with Gasteiger partial charge in [-0.05, 0) is 20.3 Å². The molecule has 1 aliphatic heterocycles. The summed E-state index contributed by atoms with van der Waals surface area (Å²) in [5.74, 6) is 0.476. The van der Waals surface area contributed by atoms with Crippen molar-refractivity contribution in [3.63, 3.8) is 0 Å². The second kappa shape index (κ2) is 6.80. The average molecular weight is 325 g/mol. The number of nitrogens with one attached hydrogen (secondary N) is 1. The number of nitriles is 1. The third kappa shape index (κ3) is 3.87.